The molecule has 0 fully saturated rings. The van der Waals surface area contributed by atoms with Gasteiger partial charge >= 0.3 is 5.88 Å². The van der Waals surface area contributed by atoms with Crippen LogP contribution in [0.2, 0.25) is 0 Å². The molecule has 5 nitrogen and oxygen atoms in total. The number of ketones is 1. The fraction of sp³-hybridized carbons (Fsp3) is 0.375. The maximum absolute atomic E-state index is 11.2. The third-order valence-electron chi connectivity index (χ3n) is 2.08. The van der Waals surface area contributed by atoms with Crippen LogP contribution in [0.25, 0.3) is 0 Å². The van der Waals surface area contributed by atoms with Crippen LogP contribution < -0.4 is 0 Å². The first-order chi connectivity index (χ1) is 6.18. The SMILES string of the molecule is O=C1CCCc2oc([N+](=O)[O-])cc21. The maximum atomic E-state index is 11.2. The van der Waals surface area contributed by atoms with Crippen molar-refractivity contribution in [3.05, 3.63) is 27.5 Å². The monoisotopic (exact) mass is 181 g/mol. The summed E-state index contributed by atoms with van der Waals surface area (Å²) in [5, 5.41) is 10.3. The van der Waals surface area contributed by atoms with Crippen LogP contribution in [0.15, 0.2) is 10.5 Å². The second kappa shape index (κ2) is 2.69. The molecule has 13 heavy (non-hydrogen) atoms. The first-order valence-corrected chi connectivity index (χ1v) is 3.99. The van der Waals surface area contributed by atoms with Crippen LogP contribution in [-0.4, -0.2) is 10.7 Å². The third kappa shape index (κ3) is 1.22. The normalized spacial score (nSPS) is 15.5. The number of rotatable bonds is 1. The van der Waals surface area contributed by atoms with Crippen molar-refractivity contribution in [3.8, 4) is 0 Å². The molecule has 0 spiro atoms. The number of nitro groups is 1. The minimum absolute atomic E-state index is 0.0573. The average Bonchev–Trinajstić information content (AvgIpc) is 2.49. The molecule has 0 bridgehead atoms. The topological polar surface area (TPSA) is 73.3 Å². The van der Waals surface area contributed by atoms with E-state index < -0.39 is 4.92 Å². The zero-order chi connectivity index (χ0) is 9.42. The number of furan rings is 1. The van der Waals surface area contributed by atoms with E-state index in [1.54, 1.807) is 0 Å². The molecule has 0 unspecified atom stereocenters. The Hall–Kier alpha value is -1.65. The first-order valence-electron chi connectivity index (χ1n) is 3.99. The zero-order valence-electron chi connectivity index (χ0n) is 6.78. The van der Waals surface area contributed by atoms with Crippen molar-refractivity contribution in [2.45, 2.75) is 19.3 Å². The van der Waals surface area contributed by atoms with Crippen molar-refractivity contribution in [2.75, 3.05) is 0 Å². The lowest BCUT2D eigenvalue weighted by Gasteiger charge is -2.05. The second-order valence-electron chi connectivity index (χ2n) is 2.96. The fourth-order valence-corrected chi connectivity index (χ4v) is 1.47. The minimum Gasteiger partial charge on any atom is -0.405 e. The molecule has 68 valence electrons. The van der Waals surface area contributed by atoms with Crippen LogP contribution in [-0.2, 0) is 6.42 Å². The molecular weight excluding hydrogens is 174 g/mol. The van der Waals surface area contributed by atoms with Crippen LogP contribution in [0.5, 0.6) is 0 Å². The number of carbonyl (C=O) groups excluding carboxylic acids is 1. The van der Waals surface area contributed by atoms with E-state index in [2.05, 4.69) is 0 Å². The van der Waals surface area contributed by atoms with Crippen LogP contribution in [0, 0.1) is 10.1 Å². The van der Waals surface area contributed by atoms with Gasteiger partial charge in [0.2, 0.25) is 0 Å². The molecule has 1 aliphatic carbocycles. The summed E-state index contributed by atoms with van der Waals surface area (Å²) in [6.07, 6.45) is 1.80. The Morgan fingerprint density at radius 2 is 2.23 bits per heavy atom. The number of fused-ring (bicyclic) bond motifs is 1. The molecule has 2 rings (SSSR count). The molecule has 1 aromatic heterocycles. The third-order valence-corrected chi connectivity index (χ3v) is 2.08. The van der Waals surface area contributed by atoms with Gasteiger partial charge < -0.3 is 4.42 Å². The van der Waals surface area contributed by atoms with Crippen LogP contribution in [0.3, 0.4) is 0 Å². The Morgan fingerprint density at radius 3 is 2.85 bits per heavy atom. The molecular formula is C8H7NO4. The van der Waals surface area contributed by atoms with Crippen LogP contribution in [0.1, 0.15) is 29.0 Å². The highest BCUT2D eigenvalue weighted by Crippen LogP contribution is 2.28. The first kappa shape index (κ1) is 7.97. The molecule has 0 N–H and O–H groups in total. The molecule has 0 atom stereocenters. The largest absolute Gasteiger partial charge is 0.433 e. The van der Waals surface area contributed by atoms with Crippen molar-refractivity contribution in [3.63, 3.8) is 0 Å². The Labute approximate surface area is 73.5 Å². The van der Waals surface area contributed by atoms with E-state index >= 15 is 0 Å². The van der Waals surface area contributed by atoms with Gasteiger partial charge in [0.15, 0.2) is 5.78 Å². The summed E-state index contributed by atoms with van der Waals surface area (Å²) in [6, 6.07) is 1.22. The second-order valence-corrected chi connectivity index (χ2v) is 2.96. The summed E-state index contributed by atoms with van der Waals surface area (Å²) in [5.41, 5.74) is 0.387. The molecule has 1 aromatic rings. The van der Waals surface area contributed by atoms with E-state index in [1.807, 2.05) is 0 Å². The van der Waals surface area contributed by atoms with Gasteiger partial charge in [-0.25, -0.2) is 0 Å². The quantitative estimate of drug-likeness (QED) is 0.488. The Kier molecular flexibility index (Phi) is 1.65. The maximum Gasteiger partial charge on any atom is 0.433 e. The summed E-state index contributed by atoms with van der Waals surface area (Å²) >= 11 is 0. The van der Waals surface area contributed by atoms with Gasteiger partial charge in [0.1, 0.15) is 10.7 Å². The van der Waals surface area contributed by atoms with Crippen molar-refractivity contribution in [1.29, 1.82) is 0 Å². The lowest BCUT2D eigenvalue weighted by Crippen LogP contribution is -2.07. The van der Waals surface area contributed by atoms with Gasteiger partial charge in [0.25, 0.3) is 0 Å². The van der Waals surface area contributed by atoms with Gasteiger partial charge in [-0.3, -0.25) is 14.9 Å². The smallest absolute Gasteiger partial charge is 0.405 e. The summed E-state index contributed by atoms with van der Waals surface area (Å²) in [6.45, 7) is 0. The highest BCUT2D eigenvalue weighted by atomic mass is 16.6. The van der Waals surface area contributed by atoms with E-state index in [0.717, 1.165) is 6.42 Å². The predicted octanol–water partition coefficient (Wildman–Crippen LogP) is 1.71. The molecule has 1 aliphatic rings. The molecule has 0 amide bonds. The average molecular weight is 181 g/mol. The summed E-state index contributed by atoms with van der Waals surface area (Å²) in [4.78, 5) is 20.9. The standard InChI is InChI=1S/C8H7NO4/c10-6-2-1-3-7-5(6)4-8(13-7)9(11)12/h4H,1-3H2. The lowest BCUT2D eigenvalue weighted by molar-refractivity contribution is -0.402. The molecule has 5 heteroatoms. The minimum atomic E-state index is -0.619. The molecule has 0 saturated carbocycles. The Balaban J connectivity index is 2.48. The van der Waals surface area contributed by atoms with E-state index in [9.17, 15) is 14.9 Å². The van der Waals surface area contributed by atoms with Gasteiger partial charge in [-0.05, 0) is 6.42 Å². The van der Waals surface area contributed by atoms with Gasteiger partial charge in [-0.2, -0.15) is 0 Å². The van der Waals surface area contributed by atoms with Crippen molar-refractivity contribution in [1.82, 2.24) is 0 Å². The lowest BCUT2D eigenvalue weighted by atomic mass is 9.97. The molecule has 0 aliphatic heterocycles. The van der Waals surface area contributed by atoms with E-state index in [1.165, 1.54) is 6.07 Å². The highest BCUT2D eigenvalue weighted by Gasteiger charge is 2.26. The summed E-state index contributed by atoms with van der Waals surface area (Å²) < 4.78 is 4.92. The van der Waals surface area contributed by atoms with Crippen molar-refractivity contribution in [2.24, 2.45) is 0 Å². The molecule has 0 radical (unpaired) electrons. The number of carbonyl (C=O) groups is 1. The van der Waals surface area contributed by atoms with E-state index in [-0.39, 0.29) is 11.7 Å². The Bertz CT molecular complexity index is 379. The summed E-state index contributed by atoms with van der Waals surface area (Å²) in [5.74, 6) is 0.0706. The van der Waals surface area contributed by atoms with E-state index in [4.69, 9.17) is 4.42 Å². The number of aryl methyl sites for hydroxylation is 1. The van der Waals surface area contributed by atoms with Crippen LogP contribution in [0.4, 0.5) is 5.88 Å². The zero-order valence-corrected chi connectivity index (χ0v) is 6.78. The number of hydrogen-bond acceptors (Lipinski definition) is 4. The summed E-state index contributed by atoms with van der Waals surface area (Å²) in [7, 11) is 0. The fourth-order valence-electron chi connectivity index (χ4n) is 1.47. The molecule has 0 aromatic carbocycles. The Morgan fingerprint density at radius 1 is 1.46 bits per heavy atom. The van der Waals surface area contributed by atoms with Gasteiger partial charge in [-0.15, -0.1) is 0 Å². The highest BCUT2D eigenvalue weighted by molar-refractivity contribution is 5.98. The van der Waals surface area contributed by atoms with Gasteiger partial charge in [-0.1, -0.05) is 0 Å². The van der Waals surface area contributed by atoms with Crippen molar-refractivity contribution < 1.29 is 14.1 Å². The van der Waals surface area contributed by atoms with E-state index in [0.29, 0.717) is 24.2 Å². The van der Waals surface area contributed by atoms with Crippen molar-refractivity contribution >= 4 is 11.7 Å². The van der Waals surface area contributed by atoms with Gasteiger partial charge in [0.05, 0.1) is 11.6 Å². The molecule has 1 heterocycles. The van der Waals surface area contributed by atoms with Crippen LogP contribution >= 0.6 is 0 Å². The number of Topliss-reactive ketones (excluding diaryl/α,β-unsaturated/α-hetero) is 1. The number of hydrogen-bond donors (Lipinski definition) is 0. The number of nitrogens with zero attached hydrogens (tertiary/aromatic N) is 1. The molecule has 0 saturated heterocycles. The predicted molar refractivity (Wildman–Crippen MR) is 42.6 cm³/mol. The van der Waals surface area contributed by atoms with Gasteiger partial charge in [0, 0.05) is 12.8 Å².